The molecular weight excluding hydrogens is 160 g/mol. The molecule has 0 aromatic heterocycles. The van der Waals surface area contributed by atoms with E-state index in [4.69, 9.17) is 0 Å². The Balaban J connectivity index is 0. The van der Waals surface area contributed by atoms with E-state index >= 15 is 0 Å². The predicted molar refractivity (Wildman–Crippen MR) is 40.9 cm³/mol. The van der Waals surface area contributed by atoms with E-state index in [0.29, 0.717) is 0 Å². The van der Waals surface area contributed by atoms with E-state index in [0.717, 1.165) is 9.52 Å². The van der Waals surface area contributed by atoms with Crippen molar-refractivity contribution in [3.63, 3.8) is 0 Å². The van der Waals surface area contributed by atoms with E-state index in [9.17, 15) is 0 Å². The largest absolute Gasteiger partial charge is 0.214 e. The van der Waals surface area contributed by atoms with Gasteiger partial charge in [0.1, 0.15) is 0 Å². The predicted octanol–water partition coefficient (Wildman–Crippen LogP) is 1.92. The van der Waals surface area contributed by atoms with Crippen LogP contribution in [-0.4, -0.2) is 9.52 Å². The van der Waals surface area contributed by atoms with Crippen molar-refractivity contribution in [3.8, 4) is 0 Å². The van der Waals surface area contributed by atoms with Crippen LogP contribution in [0, 0.1) is 0 Å². The molecule has 0 aliphatic heterocycles. The Hall–Kier alpha value is 0.281. The molecule has 0 heterocycles. The van der Waals surface area contributed by atoms with Crippen LogP contribution in [-0.2, 0) is 21.7 Å². The molecule has 0 saturated carbocycles. The minimum absolute atomic E-state index is 0. The summed E-state index contributed by atoms with van der Waals surface area (Å²) < 4.78 is 0. The molecule has 2 heteroatoms. The van der Waals surface area contributed by atoms with E-state index in [1.165, 1.54) is 0 Å². The molecule has 0 fully saturated rings. The first kappa shape index (κ1) is 12.0. The van der Waals surface area contributed by atoms with Crippen LogP contribution in [0.4, 0.5) is 0 Å². The van der Waals surface area contributed by atoms with Crippen molar-refractivity contribution < 1.29 is 21.7 Å². The third-order valence-electron chi connectivity index (χ3n) is 0.556. The second-order valence-corrected chi connectivity index (χ2v) is 2.69. The van der Waals surface area contributed by atoms with Crippen LogP contribution >= 0.6 is 0 Å². The van der Waals surface area contributed by atoms with Gasteiger partial charge in [0.25, 0.3) is 0 Å². The average molecular weight is 172 g/mol. The van der Waals surface area contributed by atoms with Crippen LogP contribution in [0.25, 0.3) is 0 Å². The topological polar surface area (TPSA) is 0 Å². The van der Waals surface area contributed by atoms with Crippen LogP contribution in [0.5, 0.6) is 0 Å². The molecule has 9 heavy (non-hydrogen) atoms. The molecule has 1 rings (SSSR count). The first-order chi connectivity index (χ1) is 3.91. The SMILES string of the molecule is C[SiH]C.[Ti].c1cc[cH-]c1. The minimum Gasteiger partial charge on any atom is -0.214 e. The van der Waals surface area contributed by atoms with Crippen molar-refractivity contribution in [2.24, 2.45) is 0 Å². The average Bonchev–Trinajstić information content (AvgIpc) is 2.17. The molecule has 0 nitrogen and oxygen atoms in total. The molecule has 0 N–H and O–H groups in total. The Bertz CT molecular complexity index is 75.8. The fourth-order valence-electron chi connectivity index (χ4n) is 0.321. The summed E-state index contributed by atoms with van der Waals surface area (Å²) in [5.74, 6) is 0. The Labute approximate surface area is 74.7 Å². The minimum atomic E-state index is 0. The van der Waals surface area contributed by atoms with Crippen LogP contribution < -0.4 is 0 Å². The van der Waals surface area contributed by atoms with Crippen LogP contribution in [0.3, 0.4) is 0 Å². The van der Waals surface area contributed by atoms with Crippen molar-refractivity contribution in [2.45, 2.75) is 13.1 Å². The first-order valence-electron chi connectivity index (χ1n) is 2.82. The number of hydrogen-bond donors (Lipinski definition) is 0. The Kier molecular flexibility index (Phi) is 14.8. The van der Waals surface area contributed by atoms with Gasteiger partial charge in [-0.15, -0.1) is 0 Å². The van der Waals surface area contributed by atoms with Crippen LogP contribution in [0.1, 0.15) is 0 Å². The fraction of sp³-hybridized carbons (Fsp3) is 0.286. The van der Waals surface area contributed by atoms with E-state index in [2.05, 4.69) is 13.1 Å². The maximum Gasteiger partial charge on any atom is 0.0213 e. The van der Waals surface area contributed by atoms with E-state index in [1.54, 1.807) is 0 Å². The zero-order valence-electron chi connectivity index (χ0n) is 5.96. The van der Waals surface area contributed by atoms with Crippen molar-refractivity contribution in [3.05, 3.63) is 30.3 Å². The Morgan fingerprint density at radius 1 is 1.11 bits per heavy atom. The van der Waals surface area contributed by atoms with Gasteiger partial charge in [0.15, 0.2) is 0 Å². The molecule has 0 bridgehead atoms. The summed E-state index contributed by atoms with van der Waals surface area (Å²) in [5, 5.41) is 0. The molecule has 1 aromatic carbocycles. The summed E-state index contributed by atoms with van der Waals surface area (Å²) in [6.07, 6.45) is 0. The second kappa shape index (κ2) is 11.1. The van der Waals surface area contributed by atoms with Gasteiger partial charge in [-0.1, -0.05) is 13.1 Å². The normalized spacial score (nSPS) is 6.44. The number of hydrogen-bond acceptors (Lipinski definition) is 0. The zero-order chi connectivity index (χ0) is 6.24. The maximum atomic E-state index is 2.21. The van der Waals surface area contributed by atoms with Gasteiger partial charge in [-0.2, -0.15) is 18.2 Å². The van der Waals surface area contributed by atoms with Gasteiger partial charge in [0.2, 0.25) is 0 Å². The van der Waals surface area contributed by atoms with Gasteiger partial charge in [-0.25, -0.2) is 12.1 Å². The molecule has 0 aliphatic rings. The van der Waals surface area contributed by atoms with Gasteiger partial charge in [0.05, 0.1) is 0 Å². The summed E-state index contributed by atoms with van der Waals surface area (Å²) >= 11 is 0. The Morgan fingerprint density at radius 2 is 1.44 bits per heavy atom. The monoisotopic (exact) mass is 172 g/mol. The molecule has 0 aliphatic carbocycles. The summed E-state index contributed by atoms with van der Waals surface area (Å²) in [4.78, 5) is 0. The van der Waals surface area contributed by atoms with Crippen molar-refractivity contribution >= 4 is 9.52 Å². The molecular formula is C7H12SiTi-. The molecule has 0 amide bonds. The third kappa shape index (κ3) is 11.7. The van der Waals surface area contributed by atoms with Gasteiger partial charge < -0.3 is 0 Å². The summed E-state index contributed by atoms with van der Waals surface area (Å²) in [7, 11) is 0.750. The van der Waals surface area contributed by atoms with Gasteiger partial charge in [-0.05, 0) is 0 Å². The van der Waals surface area contributed by atoms with Crippen LogP contribution in [0.2, 0.25) is 13.1 Å². The molecule has 1 aromatic rings. The van der Waals surface area contributed by atoms with Crippen molar-refractivity contribution in [1.29, 1.82) is 0 Å². The van der Waals surface area contributed by atoms with E-state index in [1.807, 2.05) is 30.3 Å². The van der Waals surface area contributed by atoms with Gasteiger partial charge >= 0.3 is 0 Å². The maximum absolute atomic E-state index is 2.21. The summed E-state index contributed by atoms with van der Waals surface area (Å²) in [6.45, 7) is 4.42. The summed E-state index contributed by atoms with van der Waals surface area (Å²) in [6, 6.07) is 10.0. The zero-order valence-corrected chi connectivity index (χ0v) is 8.68. The first-order valence-corrected chi connectivity index (χ1v) is 5.13. The fourth-order valence-corrected chi connectivity index (χ4v) is 0.321. The molecule has 0 unspecified atom stereocenters. The molecule has 0 saturated heterocycles. The number of rotatable bonds is 0. The molecule has 0 spiro atoms. The third-order valence-corrected chi connectivity index (χ3v) is 0.556. The second-order valence-electron chi connectivity index (χ2n) is 1.54. The van der Waals surface area contributed by atoms with E-state index in [-0.39, 0.29) is 21.7 Å². The van der Waals surface area contributed by atoms with Crippen molar-refractivity contribution in [1.82, 2.24) is 0 Å². The van der Waals surface area contributed by atoms with Crippen molar-refractivity contribution in [2.75, 3.05) is 0 Å². The Morgan fingerprint density at radius 3 is 1.56 bits per heavy atom. The quantitative estimate of drug-likeness (QED) is 0.414. The smallest absolute Gasteiger partial charge is 0.0213 e. The van der Waals surface area contributed by atoms with Crippen LogP contribution in [0.15, 0.2) is 30.3 Å². The van der Waals surface area contributed by atoms with Gasteiger partial charge in [-0.3, -0.25) is 0 Å². The van der Waals surface area contributed by atoms with E-state index < -0.39 is 0 Å². The van der Waals surface area contributed by atoms with Gasteiger partial charge in [0, 0.05) is 31.2 Å². The molecule has 49 valence electrons. The standard InChI is InChI=1S/C5H5.C2H7Si.Ti/c1-2-4-5-3-1;1-3-2;/h1-5H;3H,1-2H3;/q-1;;. The molecule has 0 atom stereocenters. The summed E-state index contributed by atoms with van der Waals surface area (Å²) in [5.41, 5.74) is 0. The molecule has 1 radical (unpaired) electrons.